The number of nitrogens with two attached hydrogens (primary N) is 1. The fraction of sp³-hybridized carbons (Fsp3) is 0.294. The molecule has 0 amide bonds. The molecular weight excluding hydrogens is 394 g/mol. The normalized spacial score (nSPS) is 16.1. The van der Waals surface area contributed by atoms with Crippen LogP contribution in [-0.4, -0.2) is 20.5 Å². The van der Waals surface area contributed by atoms with E-state index >= 15 is 0 Å². The van der Waals surface area contributed by atoms with Crippen LogP contribution in [0.5, 0.6) is 5.75 Å². The molecule has 3 rings (SSSR count). The number of nitrogens with one attached hydrogen (secondary N) is 1. The maximum atomic E-state index is 12.9. The number of nitro benzene ring substituents is 1. The molecule has 0 radical (unpaired) electrons. The summed E-state index contributed by atoms with van der Waals surface area (Å²) in [6.45, 7) is 0. The Morgan fingerprint density at radius 2 is 2.00 bits per heavy atom. The zero-order chi connectivity index (χ0) is 18.9. The number of hydrogen-bond donors (Lipinski definition) is 2. The van der Waals surface area contributed by atoms with Gasteiger partial charge in [0, 0.05) is 17.8 Å². The van der Waals surface area contributed by atoms with Crippen molar-refractivity contribution in [3.63, 3.8) is 0 Å². The van der Waals surface area contributed by atoms with Crippen molar-refractivity contribution < 1.29 is 18.1 Å². The van der Waals surface area contributed by atoms with Crippen molar-refractivity contribution in [2.75, 3.05) is 12.8 Å². The van der Waals surface area contributed by atoms with Crippen LogP contribution in [0.2, 0.25) is 0 Å². The summed E-state index contributed by atoms with van der Waals surface area (Å²) in [4.78, 5) is 10.2. The van der Waals surface area contributed by atoms with Crippen LogP contribution in [0.4, 0.5) is 11.4 Å². The minimum absolute atomic E-state index is 0. The molecule has 0 spiro atoms. The molecule has 0 bridgehead atoms. The number of nitro groups is 1. The van der Waals surface area contributed by atoms with E-state index in [0.29, 0.717) is 12.1 Å². The fourth-order valence-electron chi connectivity index (χ4n) is 3.20. The van der Waals surface area contributed by atoms with Crippen molar-refractivity contribution in [2.45, 2.75) is 30.2 Å². The number of anilines is 1. The van der Waals surface area contributed by atoms with Gasteiger partial charge in [-0.15, -0.1) is 12.4 Å². The molecule has 1 atom stereocenters. The first kappa shape index (κ1) is 20.9. The lowest BCUT2D eigenvalue weighted by atomic mass is 9.88. The molecule has 2 aromatic rings. The molecule has 3 N–H and O–H groups in total. The molecular formula is C17H20ClN3O5S. The molecule has 1 aliphatic rings. The predicted molar refractivity (Wildman–Crippen MR) is 104 cm³/mol. The number of non-ortho nitro benzene ring substituents is 1. The number of methoxy groups -OCH3 is 1. The molecule has 0 saturated heterocycles. The number of aryl methyl sites for hydroxylation is 1. The van der Waals surface area contributed by atoms with Gasteiger partial charge in [-0.2, -0.15) is 0 Å². The summed E-state index contributed by atoms with van der Waals surface area (Å²) in [6.07, 6.45) is 2.34. The minimum atomic E-state index is -3.93. The number of hydrogen-bond acceptors (Lipinski definition) is 6. The van der Waals surface area contributed by atoms with Crippen molar-refractivity contribution in [1.29, 1.82) is 0 Å². The zero-order valence-electron chi connectivity index (χ0n) is 14.5. The lowest BCUT2D eigenvalue weighted by Gasteiger charge is -2.26. The van der Waals surface area contributed by atoms with E-state index < -0.39 is 14.9 Å². The van der Waals surface area contributed by atoms with Gasteiger partial charge in [0.25, 0.3) is 5.69 Å². The number of benzene rings is 2. The Hall–Kier alpha value is -2.36. The highest BCUT2D eigenvalue weighted by atomic mass is 35.5. The van der Waals surface area contributed by atoms with Gasteiger partial charge in [0.2, 0.25) is 10.0 Å². The number of nitrogens with zero attached hydrogens (tertiary/aromatic N) is 1. The van der Waals surface area contributed by atoms with Gasteiger partial charge >= 0.3 is 0 Å². The summed E-state index contributed by atoms with van der Waals surface area (Å²) < 4.78 is 33.5. The van der Waals surface area contributed by atoms with Crippen LogP contribution in [0.15, 0.2) is 41.3 Å². The van der Waals surface area contributed by atoms with Crippen molar-refractivity contribution in [2.24, 2.45) is 0 Å². The van der Waals surface area contributed by atoms with E-state index in [1.54, 1.807) is 6.07 Å². The second-order valence-electron chi connectivity index (χ2n) is 6.12. The largest absolute Gasteiger partial charge is 0.495 e. The molecule has 2 aromatic carbocycles. The lowest BCUT2D eigenvalue weighted by Crippen LogP contribution is -2.31. The van der Waals surface area contributed by atoms with Gasteiger partial charge in [-0.25, -0.2) is 13.1 Å². The monoisotopic (exact) mass is 413 g/mol. The van der Waals surface area contributed by atoms with E-state index in [-0.39, 0.29) is 34.8 Å². The van der Waals surface area contributed by atoms with Crippen LogP contribution in [-0.2, 0) is 16.4 Å². The van der Waals surface area contributed by atoms with Crippen molar-refractivity contribution >= 4 is 33.8 Å². The Kier molecular flexibility index (Phi) is 6.30. The van der Waals surface area contributed by atoms with Crippen LogP contribution in [0.1, 0.15) is 30.0 Å². The maximum Gasteiger partial charge on any atom is 0.273 e. The van der Waals surface area contributed by atoms with Gasteiger partial charge < -0.3 is 10.5 Å². The molecule has 8 nitrogen and oxygen atoms in total. The Morgan fingerprint density at radius 3 is 2.67 bits per heavy atom. The number of ether oxygens (including phenoxy) is 1. The minimum Gasteiger partial charge on any atom is -0.495 e. The highest BCUT2D eigenvalue weighted by molar-refractivity contribution is 7.89. The molecule has 1 unspecified atom stereocenters. The number of sulfonamides is 1. The average Bonchev–Trinajstić information content (AvgIpc) is 2.60. The van der Waals surface area contributed by atoms with Crippen LogP contribution in [0.3, 0.4) is 0 Å². The van der Waals surface area contributed by atoms with Gasteiger partial charge in [0.05, 0.1) is 18.1 Å². The molecule has 1 aliphatic carbocycles. The van der Waals surface area contributed by atoms with Gasteiger partial charge in [0.15, 0.2) is 0 Å². The van der Waals surface area contributed by atoms with Crippen molar-refractivity contribution in [1.82, 2.24) is 4.72 Å². The fourth-order valence-corrected chi connectivity index (χ4v) is 4.60. The molecule has 0 aromatic heterocycles. The summed E-state index contributed by atoms with van der Waals surface area (Å²) in [5.41, 5.74) is 8.14. The van der Waals surface area contributed by atoms with Gasteiger partial charge in [-0.05, 0) is 48.6 Å². The third-order valence-electron chi connectivity index (χ3n) is 4.43. The Balaban J connectivity index is 0.00000261. The smallest absolute Gasteiger partial charge is 0.273 e. The number of rotatable bonds is 5. The van der Waals surface area contributed by atoms with E-state index in [4.69, 9.17) is 10.5 Å². The first-order valence-corrected chi connectivity index (χ1v) is 9.53. The average molecular weight is 414 g/mol. The van der Waals surface area contributed by atoms with E-state index in [1.807, 2.05) is 12.1 Å². The van der Waals surface area contributed by atoms with Crippen LogP contribution >= 0.6 is 12.4 Å². The third kappa shape index (κ3) is 4.32. The number of nitrogen functional groups attached to an aromatic ring is 1. The maximum absolute atomic E-state index is 12.9. The van der Waals surface area contributed by atoms with Crippen LogP contribution in [0.25, 0.3) is 0 Å². The van der Waals surface area contributed by atoms with Gasteiger partial charge in [-0.3, -0.25) is 10.1 Å². The summed E-state index contributed by atoms with van der Waals surface area (Å²) in [5, 5.41) is 10.9. The number of fused-ring (bicyclic) bond motifs is 1. The van der Waals surface area contributed by atoms with E-state index in [9.17, 15) is 18.5 Å². The van der Waals surface area contributed by atoms with Crippen molar-refractivity contribution in [3.8, 4) is 5.75 Å². The highest BCUT2D eigenvalue weighted by Gasteiger charge is 2.28. The molecule has 0 fully saturated rings. The second kappa shape index (κ2) is 8.12. The number of halogens is 1. The summed E-state index contributed by atoms with van der Waals surface area (Å²) in [6, 6.07) is 8.50. The quantitative estimate of drug-likeness (QED) is 0.441. The second-order valence-corrected chi connectivity index (χ2v) is 7.80. The van der Waals surface area contributed by atoms with Crippen LogP contribution < -0.4 is 15.2 Å². The summed E-state index contributed by atoms with van der Waals surface area (Å²) in [7, 11) is -2.65. The highest BCUT2D eigenvalue weighted by Crippen LogP contribution is 2.34. The van der Waals surface area contributed by atoms with E-state index in [0.717, 1.165) is 36.1 Å². The Labute approximate surface area is 163 Å². The molecule has 0 heterocycles. The van der Waals surface area contributed by atoms with Gasteiger partial charge in [-0.1, -0.05) is 6.07 Å². The zero-order valence-corrected chi connectivity index (χ0v) is 16.2. The molecule has 10 heteroatoms. The van der Waals surface area contributed by atoms with E-state index in [1.165, 1.54) is 13.2 Å². The standard InChI is InChI=1S/C17H19N3O5S.ClH/c1-25-16-10-13(20(21)22)6-8-17(16)26(23,24)19-15-4-2-3-11-9-12(18)5-7-14(11)15;/h5-10,15,19H,2-4,18H2,1H3;1H. The van der Waals surface area contributed by atoms with Crippen molar-refractivity contribution in [3.05, 3.63) is 57.6 Å². The topological polar surface area (TPSA) is 125 Å². The Bertz CT molecular complexity index is 965. The van der Waals surface area contributed by atoms with E-state index in [2.05, 4.69) is 4.72 Å². The molecule has 27 heavy (non-hydrogen) atoms. The predicted octanol–water partition coefficient (Wildman–Crippen LogP) is 2.96. The van der Waals surface area contributed by atoms with Crippen LogP contribution in [0, 0.1) is 10.1 Å². The molecule has 0 saturated carbocycles. The summed E-state index contributed by atoms with van der Waals surface area (Å²) >= 11 is 0. The molecule has 146 valence electrons. The first-order chi connectivity index (χ1) is 12.3. The third-order valence-corrected chi connectivity index (χ3v) is 5.94. The summed E-state index contributed by atoms with van der Waals surface area (Å²) in [5.74, 6) is -0.0694. The van der Waals surface area contributed by atoms with Gasteiger partial charge in [0.1, 0.15) is 10.6 Å². The molecule has 0 aliphatic heterocycles. The Morgan fingerprint density at radius 1 is 1.26 bits per heavy atom. The SMILES string of the molecule is COc1cc([N+](=O)[O-])ccc1S(=O)(=O)NC1CCCc2cc(N)ccc21.Cl. The lowest BCUT2D eigenvalue weighted by molar-refractivity contribution is -0.385. The first-order valence-electron chi connectivity index (χ1n) is 8.05.